The van der Waals surface area contributed by atoms with Gasteiger partial charge in [0.05, 0.1) is 12.2 Å². The Bertz CT molecular complexity index is 370. The van der Waals surface area contributed by atoms with Crippen LogP contribution in [0.2, 0.25) is 0 Å². The zero-order valence-corrected chi connectivity index (χ0v) is 11.0. The van der Waals surface area contributed by atoms with Crippen molar-refractivity contribution < 1.29 is 10.2 Å². The van der Waals surface area contributed by atoms with Gasteiger partial charge in [-0.1, -0.05) is 19.1 Å². The van der Waals surface area contributed by atoms with Gasteiger partial charge in [-0.2, -0.15) is 0 Å². The Balaban J connectivity index is 2.04. The molecule has 0 spiro atoms. The molecule has 1 aliphatic heterocycles. The highest BCUT2D eigenvalue weighted by Crippen LogP contribution is 2.23. The Kier molecular flexibility index (Phi) is 4.22. The Morgan fingerprint density at radius 1 is 1.22 bits per heavy atom. The fourth-order valence-electron chi connectivity index (χ4n) is 2.38. The average Bonchev–Trinajstić information content (AvgIpc) is 2.70. The molecule has 1 aromatic carbocycles. The highest BCUT2D eigenvalue weighted by molar-refractivity contribution is 5.49. The van der Waals surface area contributed by atoms with Crippen molar-refractivity contribution in [3.8, 4) is 0 Å². The van der Waals surface area contributed by atoms with Crippen LogP contribution < -0.4 is 10.2 Å². The van der Waals surface area contributed by atoms with Crippen LogP contribution in [0.1, 0.15) is 25.5 Å². The second-order valence-corrected chi connectivity index (χ2v) is 4.91. The van der Waals surface area contributed by atoms with Crippen LogP contribution >= 0.6 is 0 Å². The van der Waals surface area contributed by atoms with Gasteiger partial charge in [0, 0.05) is 24.8 Å². The largest absolute Gasteiger partial charge is 0.389 e. The van der Waals surface area contributed by atoms with E-state index in [1.807, 2.05) is 17.0 Å². The molecular formula is C14H22N2O2. The number of hydrogen-bond acceptors (Lipinski definition) is 4. The first kappa shape index (κ1) is 13.3. The van der Waals surface area contributed by atoms with Gasteiger partial charge in [-0.25, -0.2) is 0 Å². The van der Waals surface area contributed by atoms with E-state index in [2.05, 4.69) is 31.3 Å². The zero-order chi connectivity index (χ0) is 13.1. The van der Waals surface area contributed by atoms with E-state index >= 15 is 0 Å². The third-order valence-electron chi connectivity index (χ3n) is 3.53. The van der Waals surface area contributed by atoms with Crippen molar-refractivity contribution in [1.29, 1.82) is 0 Å². The molecular weight excluding hydrogens is 228 g/mol. The van der Waals surface area contributed by atoms with E-state index < -0.39 is 12.2 Å². The van der Waals surface area contributed by atoms with Gasteiger partial charge in [0.15, 0.2) is 0 Å². The molecule has 3 unspecified atom stereocenters. The van der Waals surface area contributed by atoms with Crippen LogP contribution in [-0.4, -0.2) is 42.1 Å². The fraction of sp³-hybridized carbons (Fsp3) is 0.571. The van der Waals surface area contributed by atoms with Crippen LogP contribution in [0.3, 0.4) is 0 Å². The summed E-state index contributed by atoms with van der Waals surface area (Å²) in [5.41, 5.74) is 2.30. The summed E-state index contributed by atoms with van der Waals surface area (Å²) in [5, 5.41) is 22.5. The van der Waals surface area contributed by atoms with E-state index in [9.17, 15) is 10.2 Å². The summed E-state index contributed by atoms with van der Waals surface area (Å²) in [6, 6.07) is 8.64. The summed E-state index contributed by atoms with van der Waals surface area (Å²) in [4.78, 5) is 2.01. The SMILES string of the molecule is CCNC(C)c1ccc(N2CC(O)C(O)C2)cc1. The third kappa shape index (κ3) is 2.83. The Labute approximate surface area is 108 Å². The van der Waals surface area contributed by atoms with Crippen molar-refractivity contribution in [2.24, 2.45) is 0 Å². The molecule has 4 nitrogen and oxygen atoms in total. The maximum Gasteiger partial charge on any atom is 0.0990 e. The lowest BCUT2D eigenvalue weighted by molar-refractivity contribution is 0.0572. The molecule has 1 aliphatic rings. The number of aliphatic hydroxyl groups excluding tert-OH is 2. The molecule has 0 bridgehead atoms. The number of aliphatic hydroxyl groups is 2. The summed E-state index contributed by atoms with van der Waals surface area (Å²) in [5.74, 6) is 0. The van der Waals surface area contributed by atoms with Crippen LogP contribution in [0.15, 0.2) is 24.3 Å². The first-order valence-electron chi connectivity index (χ1n) is 6.56. The maximum atomic E-state index is 9.54. The van der Waals surface area contributed by atoms with Gasteiger partial charge in [0.25, 0.3) is 0 Å². The standard InChI is InChI=1S/C14H22N2O2/c1-3-15-10(2)11-4-6-12(7-5-11)16-8-13(17)14(18)9-16/h4-7,10,13-15,17-18H,3,8-9H2,1-2H3. The average molecular weight is 250 g/mol. The van der Waals surface area contributed by atoms with Crippen LogP contribution in [0.25, 0.3) is 0 Å². The Hall–Kier alpha value is -1.10. The molecule has 18 heavy (non-hydrogen) atoms. The van der Waals surface area contributed by atoms with Crippen molar-refractivity contribution >= 4 is 5.69 Å². The molecule has 1 fully saturated rings. The molecule has 4 heteroatoms. The molecule has 0 amide bonds. The minimum absolute atomic E-state index is 0.346. The van der Waals surface area contributed by atoms with E-state index in [0.29, 0.717) is 19.1 Å². The summed E-state index contributed by atoms with van der Waals surface area (Å²) < 4.78 is 0. The first-order valence-corrected chi connectivity index (χ1v) is 6.56. The lowest BCUT2D eigenvalue weighted by atomic mass is 10.1. The molecule has 100 valence electrons. The van der Waals surface area contributed by atoms with Crippen LogP contribution in [-0.2, 0) is 0 Å². The van der Waals surface area contributed by atoms with E-state index in [0.717, 1.165) is 12.2 Å². The molecule has 0 aliphatic carbocycles. The number of nitrogens with one attached hydrogen (secondary N) is 1. The zero-order valence-electron chi connectivity index (χ0n) is 11.0. The molecule has 0 aromatic heterocycles. The van der Waals surface area contributed by atoms with Gasteiger partial charge in [-0.05, 0) is 31.2 Å². The van der Waals surface area contributed by atoms with E-state index in [1.165, 1.54) is 5.56 Å². The second-order valence-electron chi connectivity index (χ2n) is 4.91. The van der Waals surface area contributed by atoms with Gasteiger partial charge in [0.1, 0.15) is 0 Å². The first-order chi connectivity index (χ1) is 8.61. The number of rotatable bonds is 4. The van der Waals surface area contributed by atoms with Crippen molar-refractivity contribution in [2.45, 2.75) is 32.1 Å². The number of hydrogen-bond donors (Lipinski definition) is 3. The quantitative estimate of drug-likeness (QED) is 0.743. The second kappa shape index (κ2) is 5.69. The predicted molar refractivity (Wildman–Crippen MR) is 72.8 cm³/mol. The summed E-state index contributed by atoms with van der Waals surface area (Å²) in [7, 11) is 0. The van der Waals surface area contributed by atoms with Gasteiger partial charge in [-0.3, -0.25) is 0 Å². The minimum atomic E-state index is -0.634. The van der Waals surface area contributed by atoms with Crippen molar-refractivity contribution in [3.63, 3.8) is 0 Å². The highest BCUT2D eigenvalue weighted by Gasteiger charge is 2.29. The maximum absolute atomic E-state index is 9.54. The topological polar surface area (TPSA) is 55.7 Å². The summed E-state index contributed by atoms with van der Waals surface area (Å²) in [6.45, 7) is 6.19. The van der Waals surface area contributed by atoms with Gasteiger partial charge in [0.2, 0.25) is 0 Å². The summed E-state index contributed by atoms with van der Waals surface area (Å²) in [6.07, 6.45) is -1.27. The van der Waals surface area contributed by atoms with Crippen molar-refractivity contribution in [1.82, 2.24) is 5.32 Å². The highest BCUT2D eigenvalue weighted by atomic mass is 16.3. The molecule has 0 radical (unpaired) electrons. The normalized spacial score (nSPS) is 25.4. The van der Waals surface area contributed by atoms with Crippen LogP contribution in [0, 0.1) is 0 Å². The minimum Gasteiger partial charge on any atom is -0.389 e. The predicted octanol–water partition coefficient (Wildman–Crippen LogP) is 0.899. The molecule has 3 atom stereocenters. The monoisotopic (exact) mass is 250 g/mol. The van der Waals surface area contributed by atoms with Crippen molar-refractivity contribution in [2.75, 3.05) is 24.5 Å². The van der Waals surface area contributed by atoms with Gasteiger partial charge >= 0.3 is 0 Å². The van der Waals surface area contributed by atoms with Crippen LogP contribution in [0.4, 0.5) is 5.69 Å². The lowest BCUT2D eigenvalue weighted by Crippen LogP contribution is -2.22. The van der Waals surface area contributed by atoms with Gasteiger partial charge < -0.3 is 20.4 Å². The molecule has 1 aromatic rings. The molecule has 2 rings (SSSR count). The molecule has 1 saturated heterocycles. The molecule has 3 N–H and O–H groups in total. The number of nitrogens with zero attached hydrogens (tertiary/aromatic N) is 1. The van der Waals surface area contributed by atoms with Gasteiger partial charge in [-0.15, -0.1) is 0 Å². The molecule has 1 heterocycles. The number of anilines is 1. The Morgan fingerprint density at radius 2 is 1.78 bits per heavy atom. The number of benzene rings is 1. The lowest BCUT2D eigenvalue weighted by Gasteiger charge is -2.19. The third-order valence-corrected chi connectivity index (χ3v) is 3.53. The fourth-order valence-corrected chi connectivity index (χ4v) is 2.38. The Morgan fingerprint density at radius 3 is 2.28 bits per heavy atom. The number of β-amino-alcohol motifs (C(OH)–C–C–N with tert-alkyl or cyclic N) is 2. The van der Waals surface area contributed by atoms with Crippen molar-refractivity contribution in [3.05, 3.63) is 29.8 Å². The van der Waals surface area contributed by atoms with Crippen LogP contribution in [0.5, 0.6) is 0 Å². The summed E-state index contributed by atoms with van der Waals surface area (Å²) >= 11 is 0. The van der Waals surface area contributed by atoms with E-state index in [1.54, 1.807) is 0 Å². The van der Waals surface area contributed by atoms with E-state index in [-0.39, 0.29) is 0 Å². The smallest absolute Gasteiger partial charge is 0.0990 e. The van der Waals surface area contributed by atoms with E-state index in [4.69, 9.17) is 0 Å². The molecule has 0 saturated carbocycles.